The van der Waals surface area contributed by atoms with Gasteiger partial charge in [-0.3, -0.25) is 0 Å². The summed E-state index contributed by atoms with van der Waals surface area (Å²) >= 11 is 0. The van der Waals surface area contributed by atoms with E-state index in [2.05, 4.69) is 60.5 Å². The van der Waals surface area contributed by atoms with Gasteiger partial charge in [0.2, 0.25) is 0 Å². The second-order valence-corrected chi connectivity index (χ2v) is 5.40. The first-order valence-electron chi connectivity index (χ1n) is 7.07. The molecule has 106 valence electrons. The van der Waals surface area contributed by atoms with E-state index in [1.165, 1.54) is 11.1 Å². The molecule has 1 aromatic heterocycles. The lowest BCUT2D eigenvalue weighted by Crippen LogP contribution is -2.10. The number of nitrogens with zero attached hydrogens (tertiary/aromatic N) is 3. The van der Waals surface area contributed by atoms with Crippen molar-refractivity contribution in [3.8, 4) is 16.9 Å². The van der Waals surface area contributed by atoms with Crippen LogP contribution in [0, 0.1) is 0 Å². The minimum Gasteiger partial charge on any atom is -0.305 e. The van der Waals surface area contributed by atoms with Crippen molar-refractivity contribution in [2.24, 2.45) is 0 Å². The summed E-state index contributed by atoms with van der Waals surface area (Å²) in [4.78, 5) is 2.16. The molecule has 0 fully saturated rings. The Balaban J connectivity index is 1.93. The van der Waals surface area contributed by atoms with E-state index in [9.17, 15) is 0 Å². The summed E-state index contributed by atoms with van der Waals surface area (Å²) in [7, 11) is 4.16. The van der Waals surface area contributed by atoms with Crippen LogP contribution in [0.1, 0.15) is 5.56 Å². The monoisotopic (exact) mass is 277 g/mol. The molecule has 2 aromatic carbocycles. The normalized spacial score (nSPS) is 11.0. The van der Waals surface area contributed by atoms with Crippen LogP contribution in [0.5, 0.6) is 0 Å². The lowest BCUT2D eigenvalue weighted by molar-refractivity contribution is 0.402. The van der Waals surface area contributed by atoms with Gasteiger partial charge in [0.25, 0.3) is 0 Å². The van der Waals surface area contributed by atoms with Gasteiger partial charge in [-0.2, -0.15) is 5.10 Å². The Morgan fingerprint density at radius 3 is 2.29 bits per heavy atom. The molecule has 0 saturated heterocycles. The van der Waals surface area contributed by atoms with E-state index >= 15 is 0 Å². The van der Waals surface area contributed by atoms with Crippen molar-refractivity contribution < 1.29 is 0 Å². The highest BCUT2D eigenvalue weighted by Crippen LogP contribution is 2.22. The van der Waals surface area contributed by atoms with Crippen LogP contribution in [-0.2, 0) is 6.54 Å². The van der Waals surface area contributed by atoms with Crippen LogP contribution < -0.4 is 0 Å². The molecule has 0 radical (unpaired) electrons. The van der Waals surface area contributed by atoms with Gasteiger partial charge >= 0.3 is 0 Å². The summed E-state index contributed by atoms with van der Waals surface area (Å²) in [6, 6.07) is 20.9. The minimum atomic E-state index is 0.949. The Bertz CT molecular complexity index is 697. The van der Waals surface area contributed by atoms with Crippen LogP contribution in [-0.4, -0.2) is 28.8 Å². The van der Waals surface area contributed by atoms with Gasteiger partial charge in [-0.05, 0) is 37.9 Å². The van der Waals surface area contributed by atoms with Crippen molar-refractivity contribution in [3.63, 3.8) is 0 Å². The standard InChI is InChI=1S/C18H19N3/c1-20(2)14-15-8-10-17(11-9-15)21-18(12-13-19-21)16-6-4-3-5-7-16/h3-13H,14H2,1-2H3. The van der Waals surface area contributed by atoms with Gasteiger partial charge in [0.15, 0.2) is 0 Å². The molecule has 0 aliphatic carbocycles. The number of hydrogen-bond donors (Lipinski definition) is 0. The largest absolute Gasteiger partial charge is 0.305 e. The van der Waals surface area contributed by atoms with E-state index in [-0.39, 0.29) is 0 Å². The highest BCUT2D eigenvalue weighted by atomic mass is 15.3. The summed E-state index contributed by atoms with van der Waals surface area (Å²) in [5.41, 5.74) is 4.67. The summed E-state index contributed by atoms with van der Waals surface area (Å²) in [5.74, 6) is 0. The van der Waals surface area contributed by atoms with Gasteiger partial charge in [-0.1, -0.05) is 42.5 Å². The van der Waals surface area contributed by atoms with Crippen molar-refractivity contribution in [2.45, 2.75) is 6.54 Å². The first-order chi connectivity index (χ1) is 10.2. The maximum absolute atomic E-state index is 4.46. The molecule has 0 amide bonds. The second kappa shape index (κ2) is 5.94. The lowest BCUT2D eigenvalue weighted by Gasteiger charge is -2.11. The maximum atomic E-state index is 4.46. The topological polar surface area (TPSA) is 21.1 Å². The molecule has 0 unspecified atom stereocenters. The molecule has 0 aliphatic heterocycles. The summed E-state index contributed by atoms with van der Waals surface area (Å²) in [6.45, 7) is 0.949. The Labute approximate surface area is 125 Å². The highest BCUT2D eigenvalue weighted by molar-refractivity contribution is 5.61. The lowest BCUT2D eigenvalue weighted by atomic mass is 10.1. The molecule has 0 saturated carbocycles. The van der Waals surface area contributed by atoms with Crippen molar-refractivity contribution in [1.82, 2.24) is 14.7 Å². The fourth-order valence-corrected chi connectivity index (χ4v) is 2.44. The molecule has 0 spiro atoms. The third-order valence-electron chi connectivity index (χ3n) is 3.39. The fourth-order valence-electron chi connectivity index (χ4n) is 2.44. The van der Waals surface area contributed by atoms with Crippen LogP contribution in [0.2, 0.25) is 0 Å². The van der Waals surface area contributed by atoms with Gasteiger partial charge in [-0.25, -0.2) is 4.68 Å². The van der Waals surface area contributed by atoms with Crippen LogP contribution in [0.4, 0.5) is 0 Å². The Morgan fingerprint density at radius 2 is 1.62 bits per heavy atom. The van der Waals surface area contributed by atoms with Gasteiger partial charge in [0.1, 0.15) is 0 Å². The molecule has 3 heteroatoms. The van der Waals surface area contributed by atoms with E-state index in [4.69, 9.17) is 0 Å². The predicted molar refractivity (Wildman–Crippen MR) is 86.4 cm³/mol. The zero-order valence-electron chi connectivity index (χ0n) is 12.4. The molecule has 0 atom stereocenters. The van der Waals surface area contributed by atoms with Gasteiger partial charge in [0.05, 0.1) is 17.6 Å². The number of benzene rings is 2. The van der Waals surface area contributed by atoms with E-state index in [1.54, 1.807) is 0 Å². The molecule has 1 heterocycles. The Hall–Kier alpha value is -2.39. The van der Waals surface area contributed by atoms with Crippen molar-refractivity contribution in [1.29, 1.82) is 0 Å². The van der Waals surface area contributed by atoms with Crippen LogP contribution >= 0.6 is 0 Å². The first kappa shape index (κ1) is 13.6. The van der Waals surface area contributed by atoms with Crippen molar-refractivity contribution in [2.75, 3.05) is 14.1 Å². The van der Waals surface area contributed by atoms with Crippen molar-refractivity contribution >= 4 is 0 Å². The molecule has 0 N–H and O–H groups in total. The molecular weight excluding hydrogens is 258 g/mol. The van der Waals surface area contributed by atoms with Crippen LogP contribution in [0.15, 0.2) is 66.9 Å². The smallest absolute Gasteiger partial charge is 0.0740 e. The minimum absolute atomic E-state index is 0.949. The average molecular weight is 277 g/mol. The third-order valence-corrected chi connectivity index (χ3v) is 3.39. The molecule has 3 aromatic rings. The molecule has 3 nitrogen and oxygen atoms in total. The van der Waals surface area contributed by atoms with Crippen molar-refractivity contribution in [3.05, 3.63) is 72.4 Å². The maximum Gasteiger partial charge on any atom is 0.0740 e. The summed E-state index contributed by atoms with van der Waals surface area (Å²) < 4.78 is 1.98. The number of aromatic nitrogens is 2. The molecule has 3 rings (SSSR count). The third kappa shape index (κ3) is 3.03. The number of rotatable bonds is 4. The predicted octanol–water partition coefficient (Wildman–Crippen LogP) is 3.60. The first-order valence-corrected chi connectivity index (χ1v) is 7.07. The Kier molecular flexibility index (Phi) is 3.84. The molecule has 21 heavy (non-hydrogen) atoms. The summed E-state index contributed by atoms with van der Waals surface area (Å²) in [6.07, 6.45) is 1.84. The van der Waals surface area contributed by atoms with Gasteiger partial charge in [-0.15, -0.1) is 0 Å². The molecule has 0 aliphatic rings. The van der Waals surface area contributed by atoms with Crippen LogP contribution in [0.3, 0.4) is 0 Å². The molecular formula is C18H19N3. The van der Waals surface area contributed by atoms with Gasteiger partial charge in [0, 0.05) is 12.1 Å². The quantitative estimate of drug-likeness (QED) is 0.726. The SMILES string of the molecule is CN(C)Cc1ccc(-n2nccc2-c2ccccc2)cc1. The van der Waals surface area contributed by atoms with E-state index < -0.39 is 0 Å². The van der Waals surface area contributed by atoms with E-state index in [0.717, 1.165) is 17.9 Å². The second-order valence-electron chi connectivity index (χ2n) is 5.40. The zero-order valence-corrected chi connectivity index (χ0v) is 12.4. The molecule has 0 bridgehead atoms. The van der Waals surface area contributed by atoms with E-state index in [0.29, 0.717) is 0 Å². The van der Waals surface area contributed by atoms with Crippen LogP contribution in [0.25, 0.3) is 16.9 Å². The Morgan fingerprint density at radius 1 is 0.905 bits per heavy atom. The fraction of sp³-hybridized carbons (Fsp3) is 0.167. The highest BCUT2D eigenvalue weighted by Gasteiger charge is 2.07. The van der Waals surface area contributed by atoms with E-state index in [1.807, 2.05) is 35.1 Å². The zero-order chi connectivity index (χ0) is 14.7. The van der Waals surface area contributed by atoms with Gasteiger partial charge < -0.3 is 4.90 Å². The average Bonchev–Trinajstić information content (AvgIpc) is 2.98. The number of hydrogen-bond acceptors (Lipinski definition) is 2. The summed E-state index contributed by atoms with van der Waals surface area (Å²) in [5, 5.41) is 4.46.